The van der Waals surface area contributed by atoms with E-state index in [1.165, 1.54) is 12.1 Å². The molecule has 0 saturated carbocycles. The topological polar surface area (TPSA) is 240 Å². The molecular formula is C27H29BN8O7. The predicted molar refractivity (Wildman–Crippen MR) is 157 cm³/mol. The van der Waals surface area contributed by atoms with Gasteiger partial charge in [-0.3, -0.25) is 9.59 Å². The summed E-state index contributed by atoms with van der Waals surface area (Å²) >= 11 is 0. The molecule has 2 heterocycles. The number of anilines is 3. The third kappa shape index (κ3) is 8.11. The molecule has 2 aromatic heterocycles. The smallest absolute Gasteiger partial charge is 0.481 e. The Kier molecular flexibility index (Phi) is 9.64. The van der Waals surface area contributed by atoms with Gasteiger partial charge in [-0.1, -0.05) is 24.3 Å². The number of hydrogen-bond acceptors (Lipinski definition) is 13. The van der Waals surface area contributed by atoms with Crippen molar-refractivity contribution in [1.29, 1.82) is 0 Å². The predicted octanol–water partition coefficient (Wildman–Crippen LogP) is -0.393. The average molecular weight is 588 g/mol. The van der Waals surface area contributed by atoms with Crippen molar-refractivity contribution in [3.8, 4) is 0 Å². The van der Waals surface area contributed by atoms with Crippen molar-refractivity contribution >= 4 is 59.0 Å². The number of hydrogen-bond donors (Lipinski definition) is 6. The molecule has 16 heteroatoms. The van der Waals surface area contributed by atoms with E-state index in [4.69, 9.17) is 21.3 Å². The number of carboxylic acids is 1. The van der Waals surface area contributed by atoms with Crippen molar-refractivity contribution in [1.82, 2.24) is 25.3 Å². The molecule has 43 heavy (non-hydrogen) atoms. The molecule has 222 valence electrons. The normalized spacial score (nSPS) is 11.5. The summed E-state index contributed by atoms with van der Waals surface area (Å²) in [5.74, 6) is -2.39. The largest absolute Gasteiger partial charge is 0.488 e. The van der Waals surface area contributed by atoms with Crippen LogP contribution < -0.4 is 27.1 Å². The van der Waals surface area contributed by atoms with Crippen molar-refractivity contribution in [2.75, 3.05) is 23.4 Å². The second-order valence-electron chi connectivity index (χ2n) is 9.58. The van der Waals surface area contributed by atoms with E-state index in [1.54, 1.807) is 42.6 Å². The Balaban J connectivity index is 1.38. The zero-order valence-electron chi connectivity index (χ0n) is 23.0. The lowest BCUT2D eigenvalue weighted by molar-refractivity contribution is -0.147. The minimum Gasteiger partial charge on any atom is -0.481 e. The molecular weight excluding hydrogens is 559 g/mol. The number of esters is 1. The SMILES string of the molecule is CN(Cc1cnc2nc(N)nc(N)c2n1)c1ccc(C(=O)N[C@@H](CCC(=O)O)C(=O)OCc2ccc(B(O)O)cc2)cc1. The fourth-order valence-electron chi connectivity index (χ4n) is 4.06. The van der Waals surface area contributed by atoms with Gasteiger partial charge in [-0.25, -0.2) is 14.8 Å². The maximum absolute atomic E-state index is 13.0. The summed E-state index contributed by atoms with van der Waals surface area (Å²) < 4.78 is 5.30. The Morgan fingerprint density at radius 2 is 1.72 bits per heavy atom. The lowest BCUT2D eigenvalue weighted by atomic mass is 9.80. The molecule has 0 spiro atoms. The first-order valence-electron chi connectivity index (χ1n) is 13.0. The summed E-state index contributed by atoms with van der Waals surface area (Å²) in [6.07, 6.45) is 1.01. The number of nitrogen functional groups attached to an aromatic ring is 2. The summed E-state index contributed by atoms with van der Waals surface area (Å²) in [6.45, 7) is 0.196. The van der Waals surface area contributed by atoms with E-state index in [9.17, 15) is 24.4 Å². The molecule has 0 unspecified atom stereocenters. The maximum Gasteiger partial charge on any atom is 0.488 e. The number of fused-ring (bicyclic) bond motifs is 1. The molecule has 0 aliphatic rings. The van der Waals surface area contributed by atoms with E-state index in [1.807, 2.05) is 11.9 Å². The molecule has 0 aliphatic carbocycles. The fraction of sp³-hybridized carbons (Fsp3) is 0.222. The number of benzene rings is 2. The van der Waals surface area contributed by atoms with E-state index in [-0.39, 0.29) is 47.9 Å². The van der Waals surface area contributed by atoms with Crippen molar-refractivity contribution in [3.05, 3.63) is 71.5 Å². The second-order valence-corrected chi connectivity index (χ2v) is 9.58. The average Bonchev–Trinajstić information content (AvgIpc) is 2.98. The summed E-state index contributed by atoms with van der Waals surface area (Å²) in [6, 6.07) is 11.4. The Hall–Kier alpha value is -5.35. The number of amides is 1. The van der Waals surface area contributed by atoms with Gasteiger partial charge in [-0.15, -0.1) is 0 Å². The number of carboxylic acid groups (broad SMARTS) is 1. The number of nitrogens with two attached hydrogens (primary N) is 2. The highest BCUT2D eigenvalue weighted by Crippen LogP contribution is 2.19. The maximum atomic E-state index is 13.0. The Labute approximate surface area is 245 Å². The van der Waals surface area contributed by atoms with Crippen molar-refractivity contribution in [2.45, 2.75) is 32.0 Å². The van der Waals surface area contributed by atoms with Crippen LogP contribution in [0.25, 0.3) is 11.2 Å². The van der Waals surface area contributed by atoms with E-state index < -0.39 is 31.0 Å². The zero-order chi connectivity index (χ0) is 31.1. The van der Waals surface area contributed by atoms with Gasteiger partial charge in [-0.2, -0.15) is 9.97 Å². The fourth-order valence-corrected chi connectivity index (χ4v) is 4.06. The summed E-state index contributed by atoms with van der Waals surface area (Å²) in [5.41, 5.74) is 14.6. The van der Waals surface area contributed by atoms with E-state index in [0.717, 1.165) is 5.69 Å². The van der Waals surface area contributed by atoms with Crippen molar-refractivity contribution in [3.63, 3.8) is 0 Å². The number of carbonyl (C=O) groups excluding carboxylic acids is 2. The number of rotatable bonds is 12. The molecule has 15 nitrogen and oxygen atoms in total. The number of nitrogens with zero attached hydrogens (tertiary/aromatic N) is 5. The van der Waals surface area contributed by atoms with Crippen LogP contribution in [0.15, 0.2) is 54.7 Å². The molecule has 1 atom stereocenters. The van der Waals surface area contributed by atoms with Crippen LogP contribution in [-0.2, 0) is 27.5 Å². The van der Waals surface area contributed by atoms with Gasteiger partial charge in [0, 0.05) is 24.7 Å². The molecule has 8 N–H and O–H groups in total. The molecule has 0 radical (unpaired) electrons. The van der Waals surface area contributed by atoms with Gasteiger partial charge in [0.2, 0.25) is 5.95 Å². The van der Waals surface area contributed by atoms with Crippen molar-refractivity contribution in [2.24, 2.45) is 0 Å². The third-order valence-corrected chi connectivity index (χ3v) is 6.37. The van der Waals surface area contributed by atoms with Crippen LogP contribution in [0.5, 0.6) is 0 Å². The third-order valence-electron chi connectivity index (χ3n) is 6.37. The molecule has 0 saturated heterocycles. The summed E-state index contributed by atoms with van der Waals surface area (Å²) in [5, 5.41) is 30.1. The summed E-state index contributed by atoms with van der Waals surface area (Å²) in [7, 11) is 0.193. The second kappa shape index (κ2) is 13.5. The quantitative estimate of drug-likeness (QED) is 0.0913. The van der Waals surface area contributed by atoms with Crippen LogP contribution in [0.1, 0.15) is 34.5 Å². The molecule has 0 aliphatic heterocycles. The zero-order valence-corrected chi connectivity index (χ0v) is 23.0. The Morgan fingerprint density at radius 1 is 1.02 bits per heavy atom. The Bertz CT molecular complexity index is 1620. The van der Waals surface area contributed by atoms with Gasteiger partial charge in [0.05, 0.1) is 18.4 Å². The molecule has 0 fully saturated rings. The molecule has 4 aromatic rings. The highest BCUT2D eigenvalue weighted by Gasteiger charge is 2.24. The first-order chi connectivity index (χ1) is 20.5. The summed E-state index contributed by atoms with van der Waals surface area (Å²) in [4.78, 5) is 55.4. The van der Waals surface area contributed by atoms with Gasteiger partial charge in [0.1, 0.15) is 12.6 Å². The van der Waals surface area contributed by atoms with Crippen molar-refractivity contribution < 1.29 is 34.3 Å². The monoisotopic (exact) mass is 588 g/mol. The molecule has 4 rings (SSSR count). The molecule has 2 aromatic carbocycles. The first-order valence-corrected chi connectivity index (χ1v) is 13.0. The number of nitrogens with one attached hydrogen (secondary N) is 1. The number of aromatic nitrogens is 4. The van der Waals surface area contributed by atoms with Gasteiger partial charge in [-0.05, 0) is 41.7 Å². The highest BCUT2D eigenvalue weighted by atomic mass is 16.5. The number of ether oxygens (including phenoxy) is 1. The standard InChI is InChI=1S/C27H29BN8O7/c1-36(13-18-12-31-24-22(32-18)23(29)34-27(30)35-24)19-8-4-16(5-9-19)25(39)33-20(10-11-21(37)38)26(40)43-14-15-2-6-17(7-3-15)28(41)42/h2-9,12,20,41-42H,10-11,13-14H2,1H3,(H,33,39)(H,37,38)(H4,29,30,31,34,35)/t20-/m0/s1. The molecule has 1 amide bonds. The van der Waals surface area contributed by atoms with Crippen LogP contribution in [0.4, 0.5) is 17.5 Å². The van der Waals surface area contributed by atoms with E-state index in [2.05, 4.69) is 25.3 Å². The lowest BCUT2D eigenvalue weighted by Crippen LogP contribution is -2.42. The van der Waals surface area contributed by atoms with Crippen LogP contribution in [0.2, 0.25) is 0 Å². The Morgan fingerprint density at radius 3 is 2.37 bits per heavy atom. The molecule has 0 bridgehead atoms. The van der Waals surface area contributed by atoms with Gasteiger partial charge >= 0.3 is 19.1 Å². The number of aliphatic carboxylic acids is 1. The van der Waals surface area contributed by atoms with Crippen LogP contribution >= 0.6 is 0 Å². The first kappa shape index (κ1) is 30.6. The minimum absolute atomic E-state index is 0.00533. The van der Waals surface area contributed by atoms with E-state index >= 15 is 0 Å². The highest BCUT2D eigenvalue weighted by molar-refractivity contribution is 6.58. The van der Waals surface area contributed by atoms with Gasteiger partial charge in [0.15, 0.2) is 17.0 Å². The van der Waals surface area contributed by atoms with E-state index in [0.29, 0.717) is 23.3 Å². The van der Waals surface area contributed by atoms with Crippen LogP contribution in [-0.4, -0.2) is 73.1 Å². The van der Waals surface area contributed by atoms with Crippen LogP contribution in [0, 0.1) is 0 Å². The van der Waals surface area contributed by atoms with Crippen LogP contribution in [0.3, 0.4) is 0 Å². The lowest BCUT2D eigenvalue weighted by Gasteiger charge is -2.20. The van der Waals surface area contributed by atoms with Gasteiger partial charge < -0.3 is 41.6 Å². The van der Waals surface area contributed by atoms with Gasteiger partial charge in [0.25, 0.3) is 5.91 Å². The number of carbonyl (C=O) groups is 3. The minimum atomic E-state index is -1.63.